The second kappa shape index (κ2) is 8.87. The highest BCUT2D eigenvalue weighted by atomic mass is 19.1. The van der Waals surface area contributed by atoms with E-state index in [9.17, 15) is 14.0 Å². The summed E-state index contributed by atoms with van der Waals surface area (Å²) in [5.74, 6) is -0.405. The van der Waals surface area contributed by atoms with Crippen molar-refractivity contribution in [2.45, 2.75) is 32.4 Å². The maximum atomic E-state index is 14.5. The Labute approximate surface area is 164 Å². The molecule has 1 heterocycles. The van der Waals surface area contributed by atoms with Crippen LogP contribution in [0.2, 0.25) is 0 Å². The van der Waals surface area contributed by atoms with Crippen molar-refractivity contribution in [2.75, 3.05) is 13.7 Å². The number of rotatable bonds is 6. The highest BCUT2D eigenvalue weighted by Gasteiger charge is 2.40. The van der Waals surface area contributed by atoms with E-state index in [-0.39, 0.29) is 18.2 Å². The molecule has 3 rings (SSSR count). The lowest BCUT2D eigenvalue weighted by atomic mass is 9.83. The summed E-state index contributed by atoms with van der Waals surface area (Å²) >= 11 is 0. The molecule has 0 unspecified atom stereocenters. The van der Waals surface area contributed by atoms with Crippen LogP contribution < -0.4 is 10.1 Å². The lowest BCUT2D eigenvalue weighted by Crippen LogP contribution is -2.48. The minimum Gasteiger partial charge on any atom is -0.497 e. The number of carbonyl (C=O) groups is 2. The molecule has 2 aromatic rings. The molecule has 2 amide bonds. The molecule has 148 valence electrons. The number of piperidine rings is 1. The van der Waals surface area contributed by atoms with Gasteiger partial charge in [-0.3, -0.25) is 9.59 Å². The standard InChI is InChI=1S/C22H25FN2O3/c1-3-25-20(26)12-11-18(21(25)17-9-4-5-10-19(17)23)22(27)24-14-15-7-6-8-16(13-15)28-2/h4-10,13,18,21H,3,11-12,14H2,1-2H3,(H,24,27)/t18-,21+/m1/s1. The van der Waals surface area contributed by atoms with Crippen molar-refractivity contribution in [1.82, 2.24) is 10.2 Å². The van der Waals surface area contributed by atoms with Crippen LogP contribution in [-0.4, -0.2) is 30.4 Å². The van der Waals surface area contributed by atoms with Crippen LogP contribution in [0, 0.1) is 11.7 Å². The van der Waals surface area contributed by atoms with Gasteiger partial charge in [0, 0.05) is 25.1 Å². The van der Waals surface area contributed by atoms with Gasteiger partial charge >= 0.3 is 0 Å². The number of benzene rings is 2. The van der Waals surface area contributed by atoms with Crippen molar-refractivity contribution in [3.05, 3.63) is 65.5 Å². The van der Waals surface area contributed by atoms with Gasteiger partial charge < -0.3 is 15.0 Å². The molecule has 1 N–H and O–H groups in total. The zero-order chi connectivity index (χ0) is 20.1. The van der Waals surface area contributed by atoms with Crippen molar-refractivity contribution in [1.29, 1.82) is 0 Å². The molecule has 0 aromatic heterocycles. The zero-order valence-corrected chi connectivity index (χ0v) is 16.2. The molecule has 1 saturated heterocycles. The Morgan fingerprint density at radius 3 is 2.75 bits per heavy atom. The zero-order valence-electron chi connectivity index (χ0n) is 16.2. The van der Waals surface area contributed by atoms with Gasteiger partial charge in [0.25, 0.3) is 0 Å². The second-order valence-electron chi connectivity index (χ2n) is 6.86. The molecule has 1 fully saturated rings. The van der Waals surface area contributed by atoms with Gasteiger partial charge in [-0.15, -0.1) is 0 Å². The summed E-state index contributed by atoms with van der Waals surface area (Å²) < 4.78 is 19.7. The van der Waals surface area contributed by atoms with Crippen LogP contribution in [0.15, 0.2) is 48.5 Å². The Hall–Kier alpha value is -2.89. The molecule has 2 atom stereocenters. The third kappa shape index (κ3) is 4.16. The Balaban J connectivity index is 1.81. The number of hydrogen-bond donors (Lipinski definition) is 1. The van der Waals surface area contributed by atoms with Gasteiger partial charge in [0.1, 0.15) is 11.6 Å². The van der Waals surface area contributed by atoms with Crippen LogP contribution in [0.4, 0.5) is 4.39 Å². The molecule has 0 bridgehead atoms. The maximum absolute atomic E-state index is 14.5. The summed E-state index contributed by atoms with van der Waals surface area (Å²) in [6.45, 7) is 2.62. The van der Waals surface area contributed by atoms with Crippen molar-refractivity contribution >= 4 is 11.8 Å². The van der Waals surface area contributed by atoms with E-state index in [4.69, 9.17) is 4.74 Å². The summed E-state index contributed by atoms with van der Waals surface area (Å²) in [5.41, 5.74) is 1.30. The van der Waals surface area contributed by atoms with Gasteiger partial charge in [-0.2, -0.15) is 0 Å². The predicted molar refractivity (Wildman–Crippen MR) is 104 cm³/mol. The average molecular weight is 384 g/mol. The molecule has 0 spiro atoms. The SMILES string of the molecule is CCN1C(=O)CC[C@@H](C(=O)NCc2cccc(OC)c2)[C@@H]1c1ccccc1F. The smallest absolute Gasteiger partial charge is 0.225 e. The molecule has 6 heteroatoms. The summed E-state index contributed by atoms with van der Waals surface area (Å²) in [7, 11) is 1.59. The molecule has 0 saturated carbocycles. The number of halogens is 1. The van der Waals surface area contributed by atoms with E-state index in [2.05, 4.69) is 5.32 Å². The van der Waals surface area contributed by atoms with Crippen molar-refractivity contribution in [3.8, 4) is 5.75 Å². The topological polar surface area (TPSA) is 58.6 Å². The minimum absolute atomic E-state index is 0.0485. The van der Waals surface area contributed by atoms with Crippen LogP contribution in [0.25, 0.3) is 0 Å². The third-order valence-corrected chi connectivity index (χ3v) is 5.21. The third-order valence-electron chi connectivity index (χ3n) is 5.21. The van der Waals surface area contributed by atoms with E-state index >= 15 is 0 Å². The fourth-order valence-corrected chi connectivity index (χ4v) is 3.80. The molecule has 28 heavy (non-hydrogen) atoms. The number of likely N-dealkylation sites (tertiary alicyclic amines) is 1. The maximum Gasteiger partial charge on any atom is 0.225 e. The van der Waals surface area contributed by atoms with Crippen LogP contribution >= 0.6 is 0 Å². The first-order valence-corrected chi connectivity index (χ1v) is 9.49. The molecule has 5 nitrogen and oxygen atoms in total. The van der Waals surface area contributed by atoms with Crippen molar-refractivity contribution in [3.63, 3.8) is 0 Å². The molecular weight excluding hydrogens is 359 g/mol. The number of amides is 2. The first kappa shape index (κ1) is 19.9. The van der Waals surface area contributed by atoms with Gasteiger partial charge in [0.05, 0.1) is 19.1 Å². The van der Waals surface area contributed by atoms with Crippen molar-refractivity contribution in [2.24, 2.45) is 5.92 Å². The second-order valence-corrected chi connectivity index (χ2v) is 6.86. The summed E-state index contributed by atoms with van der Waals surface area (Å²) in [5, 5.41) is 2.94. The molecule has 0 radical (unpaired) electrons. The van der Waals surface area contributed by atoms with E-state index in [0.29, 0.717) is 25.1 Å². The Morgan fingerprint density at radius 2 is 2.04 bits per heavy atom. The van der Waals surface area contributed by atoms with E-state index in [1.807, 2.05) is 31.2 Å². The predicted octanol–water partition coefficient (Wildman–Crippen LogP) is 3.45. The largest absolute Gasteiger partial charge is 0.497 e. The van der Waals surface area contributed by atoms with Gasteiger partial charge in [-0.25, -0.2) is 4.39 Å². The molecule has 1 aliphatic rings. The number of ether oxygens (including phenoxy) is 1. The number of methoxy groups -OCH3 is 1. The molecule has 2 aromatic carbocycles. The first-order chi connectivity index (χ1) is 13.5. The van der Waals surface area contributed by atoms with E-state index in [1.165, 1.54) is 6.07 Å². The fourth-order valence-electron chi connectivity index (χ4n) is 3.80. The lowest BCUT2D eigenvalue weighted by Gasteiger charge is -2.40. The highest BCUT2D eigenvalue weighted by Crippen LogP contribution is 2.37. The minimum atomic E-state index is -0.599. The average Bonchev–Trinajstić information content (AvgIpc) is 2.72. The summed E-state index contributed by atoms with van der Waals surface area (Å²) in [6.07, 6.45) is 0.689. The van der Waals surface area contributed by atoms with Gasteiger partial charge in [0.2, 0.25) is 11.8 Å². The van der Waals surface area contributed by atoms with Crippen LogP contribution in [0.1, 0.15) is 36.9 Å². The quantitative estimate of drug-likeness (QED) is 0.830. The number of hydrogen-bond acceptors (Lipinski definition) is 3. The van der Waals surface area contributed by atoms with E-state index < -0.39 is 17.8 Å². The van der Waals surface area contributed by atoms with Crippen LogP contribution in [0.3, 0.4) is 0 Å². The Morgan fingerprint density at radius 1 is 1.25 bits per heavy atom. The molecular formula is C22H25FN2O3. The first-order valence-electron chi connectivity index (χ1n) is 9.49. The molecule has 0 aliphatic carbocycles. The van der Waals surface area contributed by atoms with E-state index in [1.54, 1.807) is 30.2 Å². The van der Waals surface area contributed by atoms with Crippen molar-refractivity contribution < 1.29 is 18.7 Å². The molecule has 1 aliphatic heterocycles. The van der Waals surface area contributed by atoms with Gasteiger partial charge in [-0.1, -0.05) is 30.3 Å². The normalized spacial score (nSPS) is 19.4. The van der Waals surface area contributed by atoms with Gasteiger partial charge in [0.15, 0.2) is 0 Å². The number of carbonyl (C=O) groups excluding carboxylic acids is 2. The highest BCUT2D eigenvalue weighted by molar-refractivity contribution is 5.85. The van der Waals surface area contributed by atoms with E-state index in [0.717, 1.165) is 11.3 Å². The fraction of sp³-hybridized carbons (Fsp3) is 0.364. The van der Waals surface area contributed by atoms with Crippen LogP contribution in [0.5, 0.6) is 5.75 Å². The lowest BCUT2D eigenvalue weighted by molar-refractivity contribution is -0.143. The summed E-state index contributed by atoms with van der Waals surface area (Å²) in [6, 6.07) is 13.2. The van der Waals surface area contributed by atoms with Gasteiger partial charge in [-0.05, 0) is 37.1 Å². The number of nitrogens with one attached hydrogen (secondary N) is 1. The van der Waals surface area contributed by atoms with Crippen LogP contribution in [-0.2, 0) is 16.1 Å². The Kier molecular flexibility index (Phi) is 6.29. The summed E-state index contributed by atoms with van der Waals surface area (Å²) in [4.78, 5) is 27.0. The number of nitrogens with zero attached hydrogens (tertiary/aromatic N) is 1. The Bertz CT molecular complexity index is 855. The monoisotopic (exact) mass is 384 g/mol.